The Labute approximate surface area is 197 Å². The van der Waals surface area contributed by atoms with Crippen LogP contribution in [-0.2, 0) is 21.9 Å². The van der Waals surface area contributed by atoms with Gasteiger partial charge >= 0.3 is 0 Å². The first kappa shape index (κ1) is 25.5. The topological polar surface area (TPSA) is 49.4 Å². The largest absolute Gasteiger partial charge is 0.350 e. The fourth-order valence-corrected chi connectivity index (χ4v) is 4.30. The van der Waals surface area contributed by atoms with Gasteiger partial charge in [-0.25, -0.2) is 4.39 Å². The van der Waals surface area contributed by atoms with E-state index in [-0.39, 0.29) is 29.9 Å². The molecule has 0 aliphatic heterocycles. The Hall–Kier alpha value is -1.76. The monoisotopic (exact) mass is 484 g/mol. The third kappa shape index (κ3) is 7.70. The average molecular weight is 485 g/mol. The molecule has 31 heavy (non-hydrogen) atoms. The van der Waals surface area contributed by atoms with Crippen LogP contribution in [0.25, 0.3) is 0 Å². The van der Waals surface area contributed by atoms with Crippen LogP contribution < -0.4 is 5.32 Å². The fraction of sp³-hybridized carbons (Fsp3) is 0.391. The predicted molar refractivity (Wildman–Crippen MR) is 127 cm³/mol. The molecule has 0 fully saturated rings. The molecule has 0 heterocycles. The molecule has 4 nitrogen and oxygen atoms in total. The Morgan fingerprint density at radius 1 is 1.10 bits per heavy atom. The number of carbonyl (C=O) groups excluding carboxylic acids is 2. The fourth-order valence-electron chi connectivity index (χ4n) is 2.86. The van der Waals surface area contributed by atoms with Gasteiger partial charge in [0, 0.05) is 33.4 Å². The molecule has 2 rings (SSSR count). The summed E-state index contributed by atoms with van der Waals surface area (Å²) in [5, 5.41) is 3.76. The minimum absolute atomic E-state index is 0.0717. The number of rotatable bonds is 8. The molecule has 168 valence electrons. The van der Waals surface area contributed by atoms with E-state index in [0.717, 1.165) is 5.56 Å². The van der Waals surface area contributed by atoms with E-state index < -0.39 is 17.4 Å². The second kappa shape index (κ2) is 11.2. The highest BCUT2D eigenvalue weighted by Gasteiger charge is 2.28. The van der Waals surface area contributed by atoms with Crippen molar-refractivity contribution in [2.75, 3.05) is 5.75 Å². The maximum absolute atomic E-state index is 14.0. The summed E-state index contributed by atoms with van der Waals surface area (Å²) in [5.74, 6) is -0.579. The molecule has 0 spiro atoms. The van der Waals surface area contributed by atoms with Gasteiger partial charge < -0.3 is 10.2 Å². The lowest BCUT2D eigenvalue weighted by Crippen LogP contribution is -2.52. The first-order chi connectivity index (χ1) is 14.5. The number of hydrogen-bond donors (Lipinski definition) is 1. The molecule has 2 aromatic carbocycles. The van der Waals surface area contributed by atoms with E-state index in [1.807, 2.05) is 39.0 Å². The van der Waals surface area contributed by atoms with E-state index in [1.165, 1.54) is 28.8 Å². The number of nitrogens with zero attached hydrogens (tertiary/aromatic N) is 1. The third-order valence-electron chi connectivity index (χ3n) is 4.50. The van der Waals surface area contributed by atoms with E-state index in [1.54, 1.807) is 19.1 Å². The maximum atomic E-state index is 14.0. The lowest BCUT2D eigenvalue weighted by molar-refractivity contribution is -0.139. The van der Waals surface area contributed by atoms with Crippen LogP contribution in [0.5, 0.6) is 0 Å². The first-order valence-corrected chi connectivity index (χ1v) is 11.8. The Kier molecular flexibility index (Phi) is 9.22. The van der Waals surface area contributed by atoms with Crippen LogP contribution in [0.4, 0.5) is 4.39 Å². The lowest BCUT2D eigenvalue weighted by atomic mass is 10.1. The van der Waals surface area contributed by atoms with Gasteiger partial charge in [0.15, 0.2) is 0 Å². The summed E-state index contributed by atoms with van der Waals surface area (Å²) in [4.78, 5) is 27.3. The minimum Gasteiger partial charge on any atom is -0.350 e. The third-order valence-corrected chi connectivity index (χ3v) is 6.16. The van der Waals surface area contributed by atoms with Crippen molar-refractivity contribution in [1.82, 2.24) is 10.2 Å². The molecule has 2 amide bonds. The maximum Gasteiger partial charge on any atom is 0.242 e. The molecular formula is C23H27Cl2FN2O2S. The van der Waals surface area contributed by atoms with Crippen molar-refractivity contribution in [3.8, 4) is 0 Å². The van der Waals surface area contributed by atoms with Crippen LogP contribution in [0.2, 0.25) is 10.0 Å². The van der Waals surface area contributed by atoms with Gasteiger partial charge in [-0.05, 0) is 51.5 Å². The quantitative estimate of drug-likeness (QED) is 0.522. The number of thioether (sulfide) groups is 1. The molecule has 8 heteroatoms. The van der Waals surface area contributed by atoms with Crippen LogP contribution in [0.3, 0.4) is 0 Å². The molecule has 0 saturated heterocycles. The summed E-state index contributed by atoms with van der Waals surface area (Å²) >= 11 is 13.6. The zero-order valence-electron chi connectivity index (χ0n) is 18.0. The number of benzene rings is 2. The van der Waals surface area contributed by atoms with Crippen LogP contribution in [0, 0.1) is 5.82 Å². The molecular weight excluding hydrogens is 458 g/mol. The van der Waals surface area contributed by atoms with Crippen molar-refractivity contribution in [3.63, 3.8) is 0 Å². The van der Waals surface area contributed by atoms with E-state index >= 15 is 0 Å². The standard InChI is InChI=1S/C23H27Cl2FN2O2S/c1-15(22(30)27-23(2,3)4)28(12-16-8-5-6-9-18(16)24)21(29)14-31-13-17-19(25)10-7-11-20(17)26/h5-11,15H,12-14H2,1-4H3,(H,27,30)/t15-/m0/s1. The summed E-state index contributed by atoms with van der Waals surface area (Å²) in [7, 11) is 0. The van der Waals surface area contributed by atoms with Crippen LogP contribution in [0.1, 0.15) is 38.8 Å². The van der Waals surface area contributed by atoms with Gasteiger partial charge in [0.25, 0.3) is 0 Å². The zero-order valence-corrected chi connectivity index (χ0v) is 20.4. The normalized spacial score (nSPS) is 12.4. The van der Waals surface area contributed by atoms with Crippen LogP contribution in [-0.4, -0.2) is 34.0 Å². The highest BCUT2D eigenvalue weighted by molar-refractivity contribution is 7.99. The number of halogens is 3. The summed E-state index contributed by atoms with van der Waals surface area (Å²) in [6, 6.07) is 11.0. The molecule has 0 radical (unpaired) electrons. The molecule has 0 bridgehead atoms. The molecule has 0 unspecified atom stereocenters. The van der Waals surface area contributed by atoms with Gasteiger partial charge in [-0.2, -0.15) is 0 Å². The molecule has 1 N–H and O–H groups in total. The van der Waals surface area contributed by atoms with E-state index in [9.17, 15) is 14.0 Å². The smallest absolute Gasteiger partial charge is 0.242 e. The van der Waals surface area contributed by atoms with Gasteiger partial charge in [0.05, 0.1) is 5.75 Å². The van der Waals surface area contributed by atoms with E-state index in [2.05, 4.69) is 5.32 Å². The molecule has 2 aromatic rings. The summed E-state index contributed by atoms with van der Waals surface area (Å²) in [6.45, 7) is 7.52. The Balaban J connectivity index is 2.15. The van der Waals surface area contributed by atoms with Gasteiger partial charge in [0.1, 0.15) is 11.9 Å². The number of amides is 2. The van der Waals surface area contributed by atoms with Crippen molar-refractivity contribution in [1.29, 1.82) is 0 Å². The van der Waals surface area contributed by atoms with Crippen molar-refractivity contribution < 1.29 is 14.0 Å². The van der Waals surface area contributed by atoms with Gasteiger partial charge in [-0.15, -0.1) is 11.8 Å². The van der Waals surface area contributed by atoms with Crippen molar-refractivity contribution in [3.05, 3.63) is 69.5 Å². The SMILES string of the molecule is C[C@@H](C(=O)NC(C)(C)C)N(Cc1ccccc1Cl)C(=O)CSCc1c(F)cccc1Cl. The lowest BCUT2D eigenvalue weighted by Gasteiger charge is -2.31. The molecule has 0 saturated carbocycles. The van der Waals surface area contributed by atoms with E-state index in [4.69, 9.17) is 23.2 Å². The highest BCUT2D eigenvalue weighted by Crippen LogP contribution is 2.25. The van der Waals surface area contributed by atoms with Crippen molar-refractivity contribution in [2.45, 2.75) is 51.6 Å². The van der Waals surface area contributed by atoms with E-state index in [0.29, 0.717) is 15.6 Å². The van der Waals surface area contributed by atoms with Crippen LogP contribution in [0.15, 0.2) is 42.5 Å². The molecule has 0 aliphatic rings. The summed E-state index contributed by atoms with van der Waals surface area (Å²) in [5.41, 5.74) is 0.675. The van der Waals surface area contributed by atoms with Gasteiger partial charge in [-0.3, -0.25) is 9.59 Å². The Morgan fingerprint density at radius 3 is 2.35 bits per heavy atom. The summed E-state index contributed by atoms with van der Waals surface area (Å²) in [6.07, 6.45) is 0. The second-order valence-electron chi connectivity index (χ2n) is 8.22. The molecule has 0 aliphatic carbocycles. The summed E-state index contributed by atoms with van der Waals surface area (Å²) < 4.78 is 14.0. The first-order valence-electron chi connectivity index (χ1n) is 9.85. The number of nitrogens with one attached hydrogen (secondary N) is 1. The highest BCUT2D eigenvalue weighted by atomic mass is 35.5. The van der Waals surface area contributed by atoms with Crippen LogP contribution >= 0.6 is 35.0 Å². The van der Waals surface area contributed by atoms with Gasteiger partial charge in [-0.1, -0.05) is 47.5 Å². The number of hydrogen-bond acceptors (Lipinski definition) is 3. The molecule has 0 aromatic heterocycles. The number of carbonyl (C=O) groups is 2. The second-order valence-corrected chi connectivity index (χ2v) is 10.0. The zero-order chi connectivity index (χ0) is 23.2. The average Bonchev–Trinajstić information content (AvgIpc) is 2.67. The van der Waals surface area contributed by atoms with Crippen molar-refractivity contribution in [2.24, 2.45) is 0 Å². The van der Waals surface area contributed by atoms with Crippen molar-refractivity contribution >= 4 is 46.8 Å². The minimum atomic E-state index is -0.708. The predicted octanol–water partition coefficient (Wildman–Crippen LogP) is 5.70. The molecule has 1 atom stereocenters. The Bertz CT molecular complexity index is 914. The van der Waals surface area contributed by atoms with Gasteiger partial charge in [0.2, 0.25) is 11.8 Å². The Morgan fingerprint density at radius 2 is 1.74 bits per heavy atom.